The van der Waals surface area contributed by atoms with Gasteiger partial charge in [-0.15, -0.1) is 0 Å². The predicted molar refractivity (Wildman–Crippen MR) is 114 cm³/mol. The maximum Gasteiger partial charge on any atom is 0.246 e. The molecule has 3 rings (SSSR count). The van der Waals surface area contributed by atoms with Crippen molar-refractivity contribution in [2.75, 3.05) is 23.7 Å². The third-order valence-electron chi connectivity index (χ3n) is 4.94. The highest BCUT2D eigenvalue weighted by Crippen LogP contribution is 2.23. The molecule has 0 saturated carbocycles. The highest BCUT2D eigenvalue weighted by molar-refractivity contribution is 5.95. The molecule has 0 aromatic heterocycles. The molecule has 30 heavy (non-hydrogen) atoms. The summed E-state index contributed by atoms with van der Waals surface area (Å²) in [6, 6.07) is 13.6. The molecule has 0 bridgehead atoms. The van der Waals surface area contributed by atoms with Crippen molar-refractivity contribution >= 4 is 35.2 Å². The van der Waals surface area contributed by atoms with Crippen LogP contribution < -0.4 is 10.6 Å². The van der Waals surface area contributed by atoms with Gasteiger partial charge in [0.1, 0.15) is 5.82 Å². The van der Waals surface area contributed by atoms with E-state index in [1.807, 2.05) is 30.3 Å². The molecule has 7 heteroatoms. The first kappa shape index (κ1) is 21.2. The van der Waals surface area contributed by atoms with Crippen molar-refractivity contribution in [3.8, 4) is 0 Å². The number of rotatable bonds is 5. The molecule has 3 amide bonds. The minimum atomic E-state index is -0.571. The second-order valence-corrected chi connectivity index (χ2v) is 7.21. The number of carbonyl (C=O) groups excluding carboxylic acids is 3. The summed E-state index contributed by atoms with van der Waals surface area (Å²) < 4.78 is 13.7. The van der Waals surface area contributed by atoms with Gasteiger partial charge in [0, 0.05) is 37.7 Å². The second kappa shape index (κ2) is 9.82. The summed E-state index contributed by atoms with van der Waals surface area (Å²) in [7, 11) is 0. The number of hydrogen-bond acceptors (Lipinski definition) is 3. The van der Waals surface area contributed by atoms with Crippen molar-refractivity contribution in [1.29, 1.82) is 0 Å². The largest absolute Gasteiger partial charge is 0.339 e. The predicted octanol–water partition coefficient (Wildman–Crippen LogP) is 3.67. The molecule has 0 unspecified atom stereocenters. The van der Waals surface area contributed by atoms with Crippen molar-refractivity contribution in [1.82, 2.24) is 4.90 Å². The van der Waals surface area contributed by atoms with E-state index in [9.17, 15) is 18.8 Å². The normalized spacial score (nSPS) is 14.5. The molecule has 1 aliphatic heterocycles. The summed E-state index contributed by atoms with van der Waals surface area (Å²) in [5.41, 5.74) is 1.39. The number of halogens is 1. The summed E-state index contributed by atoms with van der Waals surface area (Å²) in [4.78, 5) is 37.8. The van der Waals surface area contributed by atoms with Crippen LogP contribution in [0, 0.1) is 11.7 Å². The third kappa shape index (κ3) is 5.76. The van der Waals surface area contributed by atoms with Crippen molar-refractivity contribution in [3.05, 3.63) is 66.0 Å². The first-order valence-corrected chi connectivity index (χ1v) is 9.82. The van der Waals surface area contributed by atoms with Crippen molar-refractivity contribution < 1.29 is 18.8 Å². The summed E-state index contributed by atoms with van der Waals surface area (Å²) in [6.45, 7) is 2.28. The van der Waals surface area contributed by atoms with Crippen LogP contribution in [0.4, 0.5) is 15.8 Å². The van der Waals surface area contributed by atoms with E-state index in [1.165, 1.54) is 25.1 Å². The molecule has 6 nitrogen and oxygen atoms in total. The van der Waals surface area contributed by atoms with Gasteiger partial charge in [-0.3, -0.25) is 14.4 Å². The Kier molecular flexibility index (Phi) is 6.95. The van der Waals surface area contributed by atoms with Gasteiger partial charge in [-0.1, -0.05) is 30.3 Å². The molecule has 2 aromatic carbocycles. The van der Waals surface area contributed by atoms with Gasteiger partial charge in [-0.05, 0) is 42.7 Å². The minimum Gasteiger partial charge on any atom is -0.339 e. The molecular weight excluding hydrogens is 385 g/mol. The molecule has 0 atom stereocenters. The number of carbonyl (C=O) groups is 3. The lowest BCUT2D eigenvalue weighted by Gasteiger charge is -2.30. The maximum atomic E-state index is 13.7. The van der Waals surface area contributed by atoms with Crippen LogP contribution in [0.2, 0.25) is 0 Å². The zero-order valence-corrected chi connectivity index (χ0v) is 16.7. The first-order chi connectivity index (χ1) is 14.4. The number of anilines is 2. The quantitative estimate of drug-likeness (QED) is 0.740. The second-order valence-electron chi connectivity index (χ2n) is 7.21. The fraction of sp³-hybridized carbons (Fsp3) is 0.261. The molecule has 0 spiro atoms. The average molecular weight is 409 g/mol. The van der Waals surface area contributed by atoms with E-state index in [0.717, 1.165) is 5.56 Å². The minimum absolute atomic E-state index is 0.0194. The van der Waals surface area contributed by atoms with Crippen molar-refractivity contribution in [2.24, 2.45) is 5.92 Å². The van der Waals surface area contributed by atoms with Crippen molar-refractivity contribution in [3.63, 3.8) is 0 Å². The molecule has 1 fully saturated rings. The Hall–Kier alpha value is -3.48. The van der Waals surface area contributed by atoms with Crippen molar-refractivity contribution in [2.45, 2.75) is 19.8 Å². The van der Waals surface area contributed by atoms with Crippen LogP contribution in [0.5, 0.6) is 0 Å². The molecule has 156 valence electrons. The van der Waals surface area contributed by atoms with Crippen LogP contribution >= 0.6 is 0 Å². The Bertz CT molecular complexity index is 951. The Morgan fingerprint density at radius 2 is 1.73 bits per heavy atom. The first-order valence-electron chi connectivity index (χ1n) is 9.82. The summed E-state index contributed by atoms with van der Waals surface area (Å²) >= 11 is 0. The lowest BCUT2D eigenvalue weighted by molar-refractivity contribution is -0.130. The summed E-state index contributed by atoms with van der Waals surface area (Å²) in [5, 5.41) is 5.16. The fourth-order valence-electron chi connectivity index (χ4n) is 3.33. The molecule has 0 radical (unpaired) electrons. The number of nitrogens with zero attached hydrogens (tertiary/aromatic N) is 1. The highest BCUT2D eigenvalue weighted by Gasteiger charge is 2.26. The molecule has 1 heterocycles. The zero-order valence-electron chi connectivity index (χ0n) is 16.7. The Balaban J connectivity index is 1.52. The van der Waals surface area contributed by atoms with Gasteiger partial charge in [-0.2, -0.15) is 0 Å². The van der Waals surface area contributed by atoms with Gasteiger partial charge in [0.05, 0.1) is 5.69 Å². The Labute approximate surface area is 174 Å². The molecule has 1 saturated heterocycles. The molecule has 1 aliphatic rings. The van der Waals surface area contributed by atoms with Gasteiger partial charge >= 0.3 is 0 Å². The maximum absolute atomic E-state index is 13.7. The standard InChI is InChI=1S/C23H24FN3O3/c1-16(28)25-21-15-19(8-9-20(21)24)26-23(30)18-11-13-27(14-12-18)22(29)10-7-17-5-3-2-4-6-17/h2-10,15,18H,11-14H2,1H3,(H,25,28)(H,26,30)/b10-7+. The SMILES string of the molecule is CC(=O)Nc1cc(NC(=O)C2CCN(C(=O)/C=C/c3ccccc3)CC2)ccc1F. The van der Waals surface area contributed by atoms with Gasteiger partial charge in [0.25, 0.3) is 0 Å². The lowest BCUT2D eigenvalue weighted by Crippen LogP contribution is -2.40. The average Bonchev–Trinajstić information content (AvgIpc) is 2.75. The van der Waals surface area contributed by atoms with E-state index in [0.29, 0.717) is 31.6 Å². The van der Waals surface area contributed by atoms with E-state index in [4.69, 9.17) is 0 Å². The van der Waals surface area contributed by atoms with E-state index in [-0.39, 0.29) is 23.4 Å². The van der Waals surface area contributed by atoms with Gasteiger partial charge in [0.2, 0.25) is 17.7 Å². The fourth-order valence-corrected chi connectivity index (χ4v) is 3.33. The molecule has 2 N–H and O–H groups in total. The molecule has 0 aliphatic carbocycles. The van der Waals surface area contributed by atoms with Gasteiger partial charge < -0.3 is 15.5 Å². The Morgan fingerprint density at radius 1 is 1.03 bits per heavy atom. The smallest absolute Gasteiger partial charge is 0.246 e. The number of piperidine rings is 1. The van der Waals surface area contributed by atoms with E-state index >= 15 is 0 Å². The monoisotopic (exact) mass is 409 g/mol. The summed E-state index contributed by atoms with van der Waals surface area (Å²) in [5.74, 6) is -1.45. The van der Waals surface area contributed by atoms with E-state index < -0.39 is 11.7 Å². The van der Waals surface area contributed by atoms with E-state index in [2.05, 4.69) is 10.6 Å². The molecule has 2 aromatic rings. The van der Waals surface area contributed by atoms with Crippen LogP contribution in [0.3, 0.4) is 0 Å². The van der Waals surface area contributed by atoms with E-state index in [1.54, 1.807) is 17.1 Å². The lowest BCUT2D eigenvalue weighted by atomic mass is 9.95. The van der Waals surface area contributed by atoms with Gasteiger partial charge in [0.15, 0.2) is 0 Å². The van der Waals surface area contributed by atoms with Gasteiger partial charge in [-0.25, -0.2) is 4.39 Å². The van der Waals surface area contributed by atoms with Crippen LogP contribution in [0.15, 0.2) is 54.6 Å². The summed E-state index contributed by atoms with van der Waals surface area (Å²) in [6.07, 6.45) is 4.44. The van der Waals surface area contributed by atoms with Crippen LogP contribution in [0.1, 0.15) is 25.3 Å². The highest BCUT2D eigenvalue weighted by atomic mass is 19.1. The zero-order chi connectivity index (χ0) is 21.5. The van der Waals surface area contributed by atoms with Crippen LogP contribution in [0.25, 0.3) is 6.08 Å². The number of benzene rings is 2. The number of amides is 3. The number of nitrogens with one attached hydrogen (secondary N) is 2. The number of hydrogen-bond donors (Lipinski definition) is 2. The Morgan fingerprint density at radius 3 is 2.40 bits per heavy atom. The topological polar surface area (TPSA) is 78.5 Å². The van der Waals surface area contributed by atoms with Crippen LogP contribution in [-0.2, 0) is 14.4 Å². The number of likely N-dealkylation sites (tertiary alicyclic amines) is 1. The third-order valence-corrected chi connectivity index (χ3v) is 4.94. The van der Waals surface area contributed by atoms with Crippen LogP contribution in [-0.4, -0.2) is 35.7 Å². The molecular formula is C23H24FN3O3.